The second-order valence-electron chi connectivity index (χ2n) is 2.79. The molecule has 14 heavy (non-hydrogen) atoms. The average molecular weight is 269 g/mol. The summed E-state index contributed by atoms with van der Waals surface area (Å²) >= 11 is 3.09. The van der Waals surface area contributed by atoms with Crippen LogP contribution in [-0.4, -0.2) is 6.18 Å². The van der Waals surface area contributed by atoms with E-state index in [1.165, 1.54) is 18.2 Å². The molecule has 1 atom stereocenters. The van der Waals surface area contributed by atoms with Crippen LogP contribution >= 0.6 is 15.9 Å². The number of benzene rings is 1. The zero-order valence-corrected chi connectivity index (χ0v) is 8.56. The number of nitrogens with two attached hydrogens (primary N) is 2. The summed E-state index contributed by atoms with van der Waals surface area (Å²) in [6, 6.07) is 2.09. The van der Waals surface area contributed by atoms with Crippen molar-refractivity contribution in [1.82, 2.24) is 0 Å². The van der Waals surface area contributed by atoms with Gasteiger partial charge in [0.1, 0.15) is 6.04 Å². The largest absolute Gasteiger partial charge is 0.407 e. The summed E-state index contributed by atoms with van der Waals surface area (Å²) < 4.78 is 37.3. The molecule has 0 spiro atoms. The summed E-state index contributed by atoms with van der Waals surface area (Å²) in [5, 5.41) is 0. The molecule has 78 valence electrons. The van der Waals surface area contributed by atoms with Gasteiger partial charge in [-0.05, 0) is 12.1 Å². The number of hydrogen-bond acceptors (Lipinski definition) is 2. The van der Waals surface area contributed by atoms with E-state index in [1.54, 1.807) is 0 Å². The van der Waals surface area contributed by atoms with Gasteiger partial charge in [0.25, 0.3) is 0 Å². The highest BCUT2D eigenvalue weighted by atomic mass is 79.9. The molecule has 0 bridgehead atoms. The fourth-order valence-corrected chi connectivity index (χ4v) is 1.38. The Hall–Kier alpha value is -0.750. The Morgan fingerprint density at radius 1 is 1.29 bits per heavy atom. The van der Waals surface area contributed by atoms with Gasteiger partial charge in [0.05, 0.1) is 0 Å². The zero-order valence-electron chi connectivity index (χ0n) is 6.98. The summed E-state index contributed by atoms with van der Waals surface area (Å²) in [4.78, 5) is 0. The summed E-state index contributed by atoms with van der Waals surface area (Å²) in [5.74, 6) is 0. The van der Waals surface area contributed by atoms with Gasteiger partial charge >= 0.3 is 6.18 Å². The molecule has 1 rings (SSSR count). The average Bonchev–Trinajstić information content (AvgIpc) is 2.01. The second kappa shape index (κ2) is 3.78. The molecule has 0 aromatic heterocycles. The third-order valence-electron chi connectivity index (χ3n) is 1.74. The molecular weight excluding hydrogens is 261 g/mol. The summed E-state index contributed by atoms with van der Waals surface area (Å²) in [7, 11) is 0. The molecule has 0 saturated carbocycles. The van der Waals surface area contributed by atoms with E-state index in [1.807, 2.05) is 0 Å². The van der Waals surface area contributed by atoms with Crippen LogP contribution in [0.1, 0.15) is 11.6 Å². The van der Waals surface area contributed by atoms with E-state index in [2.05, 4.69) is 15.9 Å². The monoisotopic (exact) mass is 268 g/mol. The van der Waals surface area contributed by atoms with Crippen molar-refractivity contribution in [2.75, 3.05) is 5.73 Å². The first kappa shape index (κ1) is 11.3. The van der Waals surface area contributed by atoms with Crippen LogP contribution in [0, 0.1) is 0 Å². The van der Waals surface area contributed by atoms with Gasteiger partial charge in [-0.3, -0.25) is 0 Å². The molecule has 0 aliphatic rings. The van der Waals surface area contributed by atoms with Crippen LogP contribution in [-0.2, 0) is 0 Å². The van der Waals surface area contributed by atoms with Crippen molar-refractivity contribution in [3.8, 4) is 0 Å². The highest BCUT2D eigenvalue weighted by Gasteiger charge is 2.38. The van der Waals surface area contributed by atoms with E-state index in [0.717, 1.165) is 0 Å². The maximum atomic E-state index is 12.2. The Kier molecular flexibility index (Phi) is 3.06. The smallest absolute Gasteiger partial charge is 0.398 e. The Morgan fingerprint density at radius 3 is 2.29 bits per heavy atom. The predicted octanol–water partition coefficient (Wildman–Crippen LogP) is 2.59. The van der Waals surface area contributed by atoms with Crippen LogP contribution < -0.4 is 11.5 Å². The molecule has 1 unspecified atom stereocenters. The molecule has 4 N–H and O–H groups in total. The number of halogens is 4. The van der Waals surface area contributed by atoms with Gasteiger partial charge in [0, 0.05) is 15.7 Å². The van der Waals surface area contributed by atoms with Crippen molar-refractivity contribution in [3.63, 3.8) is 0 Å². The number of hydrogen-bond donors (Lipinski definition) is 2. The normalized spacial score (nSPS) is 14.1. The third-order valence-corrected chi connectivity index (χ3v) is 2.23. The Labute approximate surface area is 87.2 Å². The van der Waals surface area contributed by atoms with Crippen molar-refractivity contribution in [2.24, 2.45) is 5.73 Å². The highest BCUT2D eigenvalue weighted by Crippen LogP contribution is 2.34. The van der Waals surface area contributed by atoms with E-state index in [4.69, 9.17) is 11.5 Å². The number of alkyl halides is 3. The molecule has 0 saturated heterocycles. The lowest BCUT2D eigenvalue weighted by atomic mass is 10.1. The lowest BCUT2D eigenvalue weighted by molar-refractivity contribution is -0.149. The molecule has 0 aliphatic carbocycles. The Balaban J connectivity index is 3.08. The van der Waals surface area contributed by atoms with Gasteiger partial charge in [0.2, 0.25) is 0 Å². The predicted molar refractivity (Wildman–Crippen MR) is 51.5 cm³/mol. The molecule has 1 aromatic carbocycles. The van der Waals surface area contributed by atoms with Gasteiger partial charge < -0.3 is 11.5 Å². The van der Waals surface area contributed by atoms with E-state index < -0.39 is 12.2 Å². The minimum Gasteiger partial charge on any atom is -0.398 e. The molecule has 0 radical (unpaired) electrons. The van der Waals surface area contributed by atoms with Crippen molar-refractivity contribution >= 4 is 21.6 Å². The van der Waals surface area contributed by atoms with Crippen molar-refractivity contribution in [1.29, 1.82) is 0 Å². The first-order valence-electron chi connectivity index (χ1n) is 3.69. The lowest BCUT2D eigenvalue weighted by Crippen LogP contribution is -2.29. The van der Waals surface area contributed by atoms with Crippen LogP contribution in [0.5, 0.6) is 0 Å². The van der Waals surface area contributed by atoms with Crippen molar-refractivity contribution in [2.45, 2.75) is 12.2 Å². The zero-order chi connectivity index (χ0) is 10.9. The van der Waals surface area contributed by atoms with E-state index in [0.29, 0.717) is 4.47 Å². The first-order chi connectivity index (χ1) is 6.32. The highest BCUT2D eigenvalue weighted by molar-refractivity contribution is 9.10. The molecule has 0 aliphatic heterocycles. The molecule has 1 aromatic rings. The van der Waals surface area contributed by atoms with Crippen LogP contribution in [0.3, 0.4) is 0 Å². The molecule has 0 fully saturated rings. The lowest BCUT2D eigenvalue weighted by Gasteiger charge is -2.17. The fraction of sp³-hybridized carbons (Fsp3) is 0.250. The Bertz CT molecular complexity index is 338. The minimum atomic E-state index is -4.47. The third kappa shape index (κ3) is 2.39. The quantitative estimate of drug-likeness (QED) is 0.770. The fourth-order valence-electron chi connectivity index (χ4n) is 1.01. The van der Waals surface area contributed by atoms with Crippen molar-refractivity contribution in [3.05, 3.63) is 28.2 Å². The van der Waals surface area contributed by atoms with Crippen LogP contribution in [0.4, 0.5) is 18.9 Å². The van der Waals surface area contributed by atoms with Gasteiger partial charge in [-0.2, -0.15) is 13.2 Å². The van der Waals surface area contributed by atoms with E-state index in [9.17, 15) is 13.2 Å². The van der Waals surface area contributed by atoms with Crippen LogP contribution in [0.25, 0.3) is 0 Å². The van der Waals surface area contributed by atoms with Gasteiger partial charge in [-0.1, -0.05) is 22.0 Å². The first-order valence-corrected chi connectivity index (χ1v) is 4.49. The topological polar surface area (TPSA) is 52.0 Å². The second-order valence-corrected chi connectivity index (χ2v) is 3.71. The SMILES string of the molecule is Nc1cc(Br)ccc1C(N)C(F)(F)F. The van der Waals surface area contributed by atoms with Gasteiger partial charge in [-0.25, -0.2) is 0 Å². The van der Waals surface area contributed by atoms with Gasteiger partial charge in [-0.15, -0.1) is 0 Å². The number of anilines is 1. The molecule has 0 heterocycles. The van der Waals surface area contributed by atoms with E-state index >= 15 is 0 Å². The van der Waals surface area contributed by atoms with Crippen LogP contribution in [0.15, 0.2) is 22.7 Å². The van der Waals surface area contributed by atoms with Gasteiger partial charge in [0.15, 0.2) is 0 Å². The number of rotatable bonds is 1. The van der Waals surface area contributed by atoms with Crippen LogP contribution in [0.2, 0.25) is 0 Å². The summed E-state index contributed by atoms with van der Waals surface area (Å²) in [6.07, 6.45) is -4.47. The molecule has 0 amide bonds. The molecule has 6 heteroatoms. The summed E-state index contributed by atoms with van der Waals surface area (Å²) in [6.45, 7) is 0. The molecule has 2 nitrogen and oxygen atoms in total. The maximum Gasteiger partial charge on any atom is 0.407 e. The van der Waals surface area contributed by atoms with Crippen molar-refractivity contribution < 1.29 is 13.2 Å². The molecular formula is C8H8BrF3N2. The Morgan fingerprint density at radius 2 is 1.86 bits per heavy atom. The van der Waals surface area contributed by atoms with E-state index in [-0.39, 0.29) is 11.3 Å². The summed E-state index contributed by atoms with van der Waals surface area (Å²) in [5.41, 5.74) is 10.3. The minimum absolute atomic E-state index is 0.0317. The maximum absolute atomic E-state index is 12.2. The number of nitrogen functional groups attached to an aromatic ring is 1. The standard InChI is InChI=1S/C8H8BrF3N2/c9-4-1-2-5(6(13)3-4)7(14)8(10,11)12/h1-3,7H,13-14H2.